The number of carboxylic acid groups (broad SMARTS) is 1. The normalized spacial score (nSPS) is 29.5. The molecule has 0 spiro atoms. The fraction of sp³-hybridized carbons (Fsp3) is 0.875. The monoisotopic (exact) mass is 310 g/mol. The van der Waals surface area contributed by atoms with Crippen molar-refractivity contribution in [2.24, 2.45) is 5.92 Å². The van der Waals surface area contributed by atoms with Gasteiger partial charge in [0.25, 0.3) is 0 Å². The average molecular weight is 310 g/mol. The second-order valence-electron chi connectivity index (χ2n) is 6.91. The Morgan fingerprint density at radius 1 is 1.14 bits per heavy atom. The maximum Gasteiger partial charge on any atom is 0.329 e. The lowest BCUT2D eigenvalue weighted by atomic mass is 9.76. The van der Waals surface area contributed by atoms with E-state index in [2.05, 4.69) is 10.2 Å². The first-order chi connectivity index (χ1) is 10.6. The molecular weight excluding hydrogens is 284 g/mol. The second-order valence-corrected chi connectivity index (χ2v) is 6.91. The molecule has 1 aliphatic carbocycles. The Hall–Kier alpha value is -1.14. The molecule has 22 heavy (non-hydrogen) atoms. The molecule has 1 amide bonds. The van der Waals surface area contributed by atoms with Crippen LogP contribution in [0.3, 0.4) is 0 Å². The van der Waals surface area contributed by atoms with Gasteiger partial charge < -0.3 is 15.2 Å². The van der Waals surface area contributed by atoms with Crippen molar-refractivity contribution < 1.29 is 19.4 Å². The lowest BCUT2D eigenvalue weighted by Gasteiger charge is -2.42. The summed E-state index contributed by atoms with van der Waals surface area (Å²) in [7, 11) is 0. The first kappa shape index (κ1) is 15.7. The van der Waals surface area contributed by atoms with Crippen molar-refractivity contribution in [3.05, 3.63) is 0 Å². The Labute approximate surface area is 131 Å². The molecule has 0 aromatic carbocycles. The summed E-state index contributed by atoms with van der Waals surface area (Å²) in [6.07, 6.45) is 5.94. The van der Waals surface area contributed by atoms with E-state index in [0.29, 0.717) is 18.9 Å². The molecule has 6 heteroatoms. The summed E-state index contributed by atoms with van der Waals surface area (Å²) in [6.45, 7) is 3.41. The molecule has 3 fully saturated rings. The highest BCUT2D eigenvalue weighted by atomic mass is 16.5. The third kappa shape index (κ3) is 3.13. The Bertz CT molecular complexity index is 430. The third-order valence-corrected chi connectivity index (χ3v) is 5.51. The first-order valence-corrected chi connectivity index (χ1v) is 8.48. The van der Waals surface area contributed by atoms with E-state index in [1.165, 1.54) is 0 Å². The van der Waals surface area contributed by atoms with E-state index in [1.54, 1.807) is 0 Å². The van der Waals surface area contributed by atoms with E-state index in [4.69, 9.17) is 4.74 Å². The van der Waals surface area contributed by atoms with Gasteiger partial charge in [0.2, 0.25) is 5.91 Å². The van der Waals surface area contributed by atoms with Crippen LogP contribution in [0.2, 0.25) is 0 Å². The molecule has 1 atom stereocenters. The van der Waals surface area contributed by atoms with Gasteiger partial charge in [-0.05, 0) is 51.5 Å². The van der Waals surface area contributed by atoms with Crippen LogP contribution in [0.25, 0.3) is 0 Å². The molecule has 0 aromatic heterocycles. The Morgan fingerprint density at radius 2 is 1.86 bits per heavy atom. The Kier molecular flexibility index (Phi) is 4.68. The molecule has 124 valence electrons. The van der Waals surface area contributed by atoms with Gasteiger partial charge in [0.1, 0.15) is 5.54 Å². The molecule has 2 saturated heterocycles. The van der Waals surface area contributed by atoms with Crippen molar-refractivity contribution >= 4 is 11.9 Å². The average Bonchev–Trinajstić information content (AvgIpc) is 2.51. The molecule has 2 N–H and O–H groups in total. The van der Waals surface area contributed by atoms with Crippen LogP contribution < -0.4 is 5.32 Å². The topological polar surface area (TPSA) is 78.9 Å². The van der Waals surface area contributed by atoms with Gasteiger partial charge in [-0.3, -0.25) is 9.69 Å². The molecule has 0 aromatic rings. The number of carboxylic acids is 1. The van der Waals surface area contributed by atoms with E-state index in [1.807, 2.05) is 0 Å². The van der Waals surface area contributed by atoms with E-state index >= 15 is 0 Å². The van der Waals surface area contributed by atoms with Crippen LogP contribution in [0.4, 0.5) is 0 Å². The van der Waals surface area contributed by atoms with Gasteiger partial charge in [-0.2, -0.15) is 0 Å². The smallest absolute Gasteiger partial charge is 0.329 e. The number of carbonyl (C=O) groups is 2. The number of hydrogen-bond acceptors (Lipinski definition) is 4. The molecule has 6 nitrogen and oxygen atoms in total. The molecule has 3 rings (SSSR count). The van der Waals surface area contributed by atoms with Crippen LogP contribution >= 0.6 is 0 Å². The number of likely N-dealkylation sites (tertiary alicyclic amines) is 1. The fourth-order valence-corrected chi connectivity index (χ4v) is 3.86. The van der Waals surface area contributed by atoms with Gasteiger partial charge in [-0.15, -0.1) is 0 Å². The molecule has 1 saturated carbocycles. The van der Waals surface area contributed by atoms with Crippen molar-refractivity contribution in [1.29, 1.82) is 0 Å². The summed E-state index contributed by atoms with van der Waals surface area (Å²) in [4.78, 5) is 26.3. The third-order valence-electron chi connectivity index (χ3n) is 5.51. The first-order valence-electron chi connectivity index (χ1n) is 8.48. The number of piperidine rings is 1. The van der Waals surface area contributed by atoms with E-state index in [9.17, 15) is 14.7 Å². The second kappa shape index (κ2) is 6.54. The molecule has 0 bridgehead atoms. The van der Waals surface area contributed by atoms with Gasteiger partial charge >= 0.3 is 5.97 Å². The molecule has 0 radical (unpaired) electrons. The number of aliphatic carboxylic acids is 1. The van der Waals surface area contributed by atoms with E-state index in [-0.39, 0.29) is 11.8 Å². The molecule has 0 unspecified atom stereocenters. The SMILES string of the molecule is O=C(NC1(C(=O)O)CCC1)[C@@H]1CCCN(C2CCOCC2)C1. The van der Waals surface area contributed by atoms with Crippen molar-refractivity contribution in [1.82, 2.24) is 10.2 Å². The van der Waals surface area contributed by atoms with Crippen molar-refractivity contribution in [2.45, 2.75) is 56.5 Å². The Balaban J connectivity index is 1.57. The number of nitrogens with zero attached hydrogens (tertiary/aromatic N) is 1. The van der Waals surface area contributed by atoms with Crippen LogP contribution in [0.5, 0.6) is 0 Å². The van der Waals surface area contributed by atoms with Gasteiger partial charge in [-0.25, -0.2) is 4.79 Å². The zero-order valence-corrected chi connectivity index (χ0v) is 13.1. The van der Waals surface area contributed by atoms with Gasteiger partial charge in [0, 0.05) is 25.8 Å². The maximum absolute atomic E-state index is 12.5. The van der Waals surface area contributed by atoms with Crippen LogP contribution in [-0.4, -0.2) is 59.8 Å². The van der Waals surface area contributed by atoms with Crippen molar-refractivity contribution in [2.75, 3.05) is 26.3 Å². The van der Waals surface area contributed by atoms with Crippen molar-refractivity contribution in [3.8, 4) is 0 Å². The summed E-state index contributed by atoms with van der Waals surface area (Å²) in [5, 5.41) is 12.2. The lowest BCUT2D eigenvalue weighted by Crippen LogP contribution is -2.61. The minimum Gasteiger partial charge on any atom is -0.480 e. The van der Waals surface area contributed by atoms with Crippen LogP contribution in [-0.2, 0) is 14.3 Å². The number of amides is 1. The number of carbonyl (C=O) groups excluding carboxylic acids is 1. The highest BCUT2D eigenvalue weighted by molar-refractivity contribution is 5.89. The summed E-state index contributed by atoms with van der Waals surface area (Å²) in [5.41, 5.74) is -0.988. The van der Waals surface area contributed by atoms with E-state index in [0.717, 1.165) is 58.4 Å². The van der Waals surface area contributed by atoms with E-state index < -0.39 is 11.5 Å². The number of nitrogens with one attached hydrogen (secondary N) is 1. The summed E-state index contributed by atoms with van der Waals surface area (Å²) in [5.74, 6) is -1.03. The van der Waals surface area contributed by atoms with Crippen LogP contribution in [0, 0.1) is 5.92 Å². The zero-order valence-electron chi connectivity index (χ0n) is 13.1. The zero-order chi connectivity index (χ0) is 15.6. The summed E-state index contributed by atoms with van der Waals surface area (Å²) < 4.78 is 5.41. The maximum atomic E-state index is 12.5. The van der Waals surface area contributed by atoms with Crippen LogP contribution in [0.1, 0.15) is 44.9 Å². The minimum atomic E-state index is -0.988. The molecule has 2 aliphatic heterocycles. The number of ether oxygens (including phenoxy) is 1. The predicted octanol–water partition coefficient (Wildman–Crippen LogP) is 1.00. The highest BCUT2D eigenvalue weighted by Gasteiger charge is 2.46. The molecule has 3 aliphatic rings. The minimum absolute atomic E-state index is 0.0705. The highest BCUT2D eigenvalue weighted by Crippen LogP contribution is 2.33. The molecular formula is C16H26N2O4. The van der Waals surface area contributed by atoms with Gasteiger partial charge in [0.15, 0.2) is 0 Å². The Morgan fingerprint density at radius 3 is 2.45 bits per heavy atom. The largest absolute Gasteiger partial charge is 0.480 e. The number of hydrogen-bond donors (Lipinski definition) is 2. The lowest BCUT2D eigenvalue weighted by molar-refractivity contribution is -0.153. The van der Waals surface area contributed by atoms with Crippen molar-refractivity contribution in [3.63, 3.8) is 0 Å². The number of rotatable bonds is 4. The van der Waals surface area contributed by atoms with Gasteiger partial charge in [-0.1, -0.05) is 0 Å². The summed E-state index contributed by atoms with van der Waals surface area (Å²) in [6, 6.07) is 0.515. The van der Waals surface area contributed by atoms with Gasteiger partial charge in [0.05, 0.1) is 5.92 Å². The fourth-order valence-electron chi connectivity index (χ4n) is 3.86. The summed E-state index contributed by atoms with van der Waals surface area (Å²) >= 11 is 0. The predicted molar refractivity (Wildman–Crippen MR) is 80.5 cm³/mol. The quantitative estimate of drug-likeness (QED) is 0.810. The standard InChI is InChI=1S/C16H26N2O4/c19-14(17-16(15(20)21)6-2-7-16)12-3-1-8-18(11-12)13-4-9-22-10-5-13/h12-13H,1-11H2,(H,17,19)(H,20,21)/t12-/m1/s1. The van der Waals surface area contributed by atoms with Crippen LogP contribution in [0.15, 0.2) is 0 Å². The molecule has 2 heterocycles.